The van der Waals surface area contributed by atoms with Gasteiger partial charge in [0.2, 0.25) is 11.8 Å². The van der Waals surface area contributed by atoms with Gasteiger partial charge in [-0.05, 0) is 56.3 Å². The molecule has 0 atom stereocenters. The highest BCUT2D eigenvalue weighted by Gasteiger charge is 2.30. The number of rotatable bonds is 5. The van der Waals surface area contributed by atoms with E-state index in [1.54, 1.807) is 50.2 Å². The molecule has 2 aromatic heterocycles. The van der Waals surface area contributed by atoms with Crippen molar-refractivity contribution in [2.24, 2.45) is 0 Å². The average Bonchev–Trinajstić information content (AvgIpc) is 3.26. The number of aromatic nitrogens is 3. The van der Waals surface area contributed by atoms with Crippen LogP contribution in [0.3, 0.4) is 0 Å². The summed E-state index contributed by atoms with van der Waals surface area (Å²) in [5, 5.41) is 12.1. The number of carbonyl (C=O) groups is 1. The Morgan fingerprint density at radius 3 is 2.44 bits per heavy atom. The Morgan fingerprint density at radius 1 is 0.969 bits per heavy atom. The molecule has 0 aliphatic rings. The number of carbonyl (C=O) groups excluding carboxylic acids is 1. The fourth-order valence-electron chi connectivity index (χ4n) is 2.98. The van der Waals surface area contributed by atoms with Crippen molar-refractivity contribution < 1.29 is 9.21 Å². The highest BCUT2D eigenvalue weighted by molar-refractivity contribution is 6.36. The van der Waals surface area contributed by atoms with Gasteiger partial charge in [-0.25, -0.2) is 4.98 Å². The van der Waals surface area contributed by atoms with Crippen LogP contribution in [0.2, 0.25) is 10.0 Å². The zero-order chi connectivity index (χ0) is 22.0. The smallest absolute Gasteiger partial charge is 0.270 e. The van der Waals surface area contributed by atoms with E-state index < -0.39 is 5.54 Å². The number of nitrogens with one attached hydrogen (secondary N) is 1. The standard InChI is InChI=1S/C23H18Cl2N4O2.CH4/c1-23(2,22-29-28-21(31-22)14-7-4-3-5-8-14)27-20(30)19-10-6-9-18(26-19)16-12-11-15(24)13-17(16)25;/h3-13H,1-2H3,(H,27,30);1H4. The minimum atomic E-state index is -0.910. The van der Waals surface area contributed by atoms with Crippen LogP contribution in [0.1, 0.15) is 37.7 Å². The summed E-state index contributed by atoms with van der Waals surface area (Å²) in [7, 11) is 0. The topological polar surface area (TPSA) is 80.9 Å². The van der Waals surface area contributed by atoms with Crippen molar-refractivity contribution in [3.8, 4) is 22.7 Å². The lowest BCUT2D eigenvalue weighted by Gasteiger charge is -2.21. The van der Waals surface area contributed by atoms with E-state index in [-0.39, 0.29) is 24.9 Å². The summed E-state index contributed by atoms with van der Waals surface area (Å²) in [6.07, 6.45) is 0. The highest BCUT2D eigenvalue weighted by atomic mass is 35.5. The maximum atomic E-state index is 12.9. The third-order valence-corrected chi connectivity index (χ3v) is 5.14. The minimum absolute atomic E-state index is 0. The average molecular weight is 469 g/mol. The minimum Gasteiger partial charge on any atom is -0.418 e. The number of hydrogen-bond donors (Lipinski definition) is 1. The third kappa shape index (κ3) is 4.98. The van der Waals surface area contributed by atoms with Crippen LogP contribution < -0.4 is 5.32 Å². The molecule has 0 aliphatic carbocycles. The van der Waals surface area contributed by atoms with Crippen LogP contribution in [0, 0.1) is 0 Å². The van der Waals surface area contributed by atoms with Gasteiger partial charge in [0.05, 0.1) is 10.7 Å². The second-order valence-corrected chi connectivity index (χ2v) is 8.23. The fourth-order valence-corrected chi connectivity index (χ4v) is 3.49. The maximum absolute atomic E-state index is 12.9. The molecule has 1 amide bonds. The van der Waals surface area contributed by atoms with Gasteiger partial charge in [0.25, 0.3) is 5.91 Å². The number of nitrogens with zero attached hydrogens (tertiary/aromatic N) is 3. The molecule has 4 rings (SSSR count). The van der Waals surface area contributed by atoms with Gasteiger partial charge in [0.1, 0.15) is 11.2 Å². The van der Waals surface area contributed by atoms with Crippen molar-refractivity contribution in [2.45, 2.75) is 26.8 Å². The number of pyridine rings is 1. The van der Waals surface area contributed by atoms with E-state index in [0.717, 1.165) is 5.56 Å². The van der Waals surface area contributed by atoms with Crippen LogP contribution in [0.25, 0.3) is 22.7 Å². The summed E-state index contributed by atoms with van der Waals surface area (Å²) >= 11 is 12.3. The summed E-state index contributed by atoms with van der Waals surface area (Å²) < 4.78 is 5.80. The molecule has 164 valence electrons. The molecule has 0 bridgehead atoms. The van der Waals surface area contributed by atoms with Gasteiger partial charge in [-0.3, -0.25) is 4.79 Å². The summed E-state index contributed by atoms with van der Waals surface area (Å²) in [4.78, 5) is 17.4. The number of amides is 1. The Balaban J connectivity index is 0.00000289. The molecule has 0 fully saturated rings. The zero-order valence-corrected chi connectivity index (χ0v) is 18.3. The first-order chi connectivity index (χ1) is 14.8. The zero-order valence-electron chi connectivity index (χ0n) is 16.8. The van der Waals surface area contributed by atoms with Crippen LogP contribution >= 0.6 is 23.2 Å². The molecule has 0 unspecified atom stereocenters. The Labute approximate surface area is 196 Å². The molecule has 32 heavy (non-hydrogen) atoms. The second-order valence-electron chi connectivity index (χ2n) is 7.39. The maximum Gasteiger partial charge on any atom is 0.270 e. The van der Waals surface area contributed by atoms with Gasteiger partial charge in [0, 0.05) is 16.1 Å². The summed E-state index contributed by atoms with van der Waals surface area (Å²) in [5.74, 6) is 0.295. The van der Waals surface area contributed by atoms with Crippen molar-refractivity contribution in [1.82, 2.24) is 20.5 Å². The first kappa shape index (κ1) is 23.4. The number of halogens is 2. The summed E-state index contributed by atoms with van der Waals surface area (Å²) in [6, 6.07) is 19.7. The molecule has 2 heterocycles. The lowest BCUT2D eigenvalue weighted by atomic mass is 10.1. The molecule has 0 radical (unpaired) electrons. The molecule has 0 saturated carbocycles. The molecule has 0 saturated heterocycles. The predicted molar refractivity (Wildman–Crippen MR) is 127 cm³/mol. The fraction of sp³-hybridized carbons (Fsp3) is 0.167. The molecule has 4 aromatic rings. The van der Waals surface area contributed by atoms with E-state index in [1.807, 2.05) is 30.3 Å². The number of benzene rings is 2. The van der Waals surface area contributed by atoms with Crippen LogP contribution in [0.4, 0.5) is 0 Å². The lowest BCUT2D eigenvalue weighted by Crippen LogP contribution is -2.41. The molecule has 6 nitrogen and oxygen atoms in total. The Kier molecular flexibility index (Phi) is 6.96. The quantitative estimate of drug-likeness (QED) is 0.366. The molecule has 0 aliphatic heterocycles. The molecule has 2 aromatic carbocycles. The Hall–Kier alpha value is -3.22. The van der Waals surface area contributed by atoms with E-state index in [2.05, 4.69) is 20.5 Å². The Morgan fingerprint density at radius 2 is 1.72 bits per heavy atom. The summed E-state index contributed by atoms with van der Waals surface area (Å²) in [5.41, 5.74) is 1.38. The monoisotopic (exact) mass is 468 g/mol. The SMILES string of the molecule is C.CC(C)(NC(=O)c1cccc(-c2ccc(Cl)cc2Cl)n1)c1nnc(-c2ccccc2)o1. The number of hydrogen-bond acceptors (Lipinski definition) is 5. The predicted octanol–water partition coefficient (Wildman–Crippen LogP) is 6.41. The first-order valence-corrected chi connectivity index (χ1v) is 10.2. The van der Waals surface area contributed by atoms with E-state index in [9.17, 15) is 4.79 Å². The van der Waals surface area contributed by atoms with Crippen molar-refractivity contribution in [1.29, 1.82) is 0 Å². The van der Waals surface area contributed by atoms with Gasteiger partial charge < -0.3 is 9.73 Å². The van der Waals surface area contributed by atoms with Gasteiger partial charge in [0.15, 0.2) is 0 Å². The van der Waals surface area contributed by atoms with Crippen LogP contribution in [0.15, 0.2) is 71.1 Å². The van der Waals surface area contributed by atoms with Crippen LogP contribution in [-0.4, -0.2) is 21.1 Å². The lowest BCUT2D eigenvalue weighted by molar-refractivity contribution is 0.0894. The largest absolute Gasteiger partial charge is 0.418 e. The van der Waals surface area contributed by atoms with Gasteiger partial charge >= 0.3 is 0 Å². The van der Waals surface area contributed by atoms with Gasteiger partial charge in [-0.2, -0.15) is 0 Å². The van der Waals surface area contributed by atoms with E-state index >= 15 is 0 Å². The molecule has 1 N–H and O–H groups in total. The van der Waals surface area contributed by atoms with Crippen LogP contribution in [-0.2, 0) is 5.54 Å². The normalized spacial score (nSPS) is 11.0. The van der Waals surface area contributed by atoms with Crippen molar-refractivity contribution >= 4 is 29.1 Å². The van der Waals surface area contributed by atoms with Crippen LogP contribution in [0.5, 0.6) is 0 Å². The summed E-state index contributed by atoms with van der Waals surface area (Å²) in [6.45, 7) is 3.57. The molecule has 0 spiro atoms. The van der Waals surface area contributed by atoms with Gasteiger partial charge in [-0.15, -0.1) is 10.2 Å². The van der Waals surface area contributed by atoms with Crippen molar-refractivity contribution in [2.75, 3.05) is 0 Å². The molecular weight excluding hydrogens is 447 g/mol. The van der Waals surface area contributed by atoms with E-state index in [1.165, 1.54) is 0 Å². The Bertz CT molecular complexity index is 1240. The molecule has 8 heteroatoms. The van der Waals surface area contributed by atoms with Crippen molar-refractivity contribution in [3.05, 3.63) is 88.4 Å². The second kappa shape index (κ2) is 9.51. The third-order valence-electron chi connectivity index (χ3n) is 4.60. The van der Waals surface area contributed by atoms with E-state index in [4.69, 9.17) is 27.6 Å². The molecular formula is C24H22Cl2N4O2. The van der Waals surface area contributed by atoms with Crippen molar-refractivity contribution in [3.63, 3.8) is 0 Å². The highest BCUT2D eigenvalue weighted by Crippen LogP contribution is 2.29. The van der Waals surface area contributed by atoms with E-state index in [0.29, 0.717) is 27.2 Å². The first-order valence-electron chi connectivity index (χ1n) is 9.48. The van der Waals surface area contributed by atoms with Gasteiger partial charge in [-0.1, -0.05) is 54.9 Å².